The molecule has 2 saturated heterocycles. The van der Waals surface area contributed by atoms with Crippen molar-refractivity contribution >= 4 is 23.4 Å². The maximum Gasteiger partial charge on any atom is 0.194 e. The number of nitrogens with one attached hydrogen (secondary N) is 1. The average Bonchev–Trinajstić information content (AvgIpc) is 3.06. The minimum atomic E-state index is -0.666. The Labute approximate surface area is 153 Å². The standard InChI is InChI=1S/C18H27FN4OS/c1-2-20-17(21-13-18(24)7-12-25-14-18)23-10-8-22(9-11-23)16-6-4-3-5-15(16)19/h3-6,24H,2,7-14H2,1H3,(H,20,21). The number of aliphatic hydroxyl groups is 1. The van der Waals surface area contributed by atoms with Crippen molar-refractivity contribution in [2.45, 2.75) is 18.9 Å². The zero-order chi connectivity index (χ0) is 17.7. The first kappa shape index (κ1) is 18.3. The van der Waals surface area contributed by atoms with E-state index in [1.165, 1.54) is 6.07 Å². The van der Waals surface area contributed by atoms with Crippen LogP contribution in [0.25, 0.3) is 0 Å². The Hall–Kier alpha value is -1.47. The Morgan fingerprint density at radius 2 is 2.08 bits per heavy atom. The highest BCUT2D eigenvalue weighted by molar-refractivity contribution is 7.99. The summed E-state index contributed by atoms with van der Waals surface area (Å²) >= 11 is 1.79. The van der Waals surface area contributed by atoms with Crippen LogP contribution >= 0.6 is 11.8 Å². The number of thioether (sulfide) groups is 1. The first-order valence-electron chi connectivity index (χ1n) is 8.94. The van der Waals surface area contributed by atoms with Gasteiger partial charge in [0.05, 0.1) is 17.8 Å². The van der Waals surface area contributed by atoms with E-state index in [0.29, 0.717) is 12.2 Å². The fraction of sp³-hybridized carbons (Fsp3) is 0.611. The monoisotopic (exact) mass is 366 g/mol. The summed E-state index contributed by atoms with van der Waals surface area (Å²) in [5.74, 6) is 2.44. The summed E-state index contributed by atoms with van der Waals surface area (Å²) in [5.41, 5.74) is 0.00160. The maximum atomic E-state index is 14.0. The van der Waals surface area contributed by atoms with Gasteiger partial charge in [0.1, 0.15) is 5.82 Å². The minimum Gasteiger partial charge on any atom is -0.387 e. The Kier molecular flexibility index (Phi) is 6.06. The predicted octanol–water partition coefficient (Wildman–Crippen LogP) is 1.78. The number of para-hydroxylation sites is 1. The number of guanidine groups is 1. The molecule has 2 heterocycles. The molecule has 2 aliphatic heterocycles. The zero-order valence-electron chi connectivity index (χ0n) is 14.7. The summed E-state index contributed by atoms with van der Waals surface area (Å²) in [4.78, 5) is 8.96. The van der Waals surface area contributed by atoms with Crippen molar-refractivity contribution in [1.29, 1.82) is 0 Å². The van der Waals surface area contributed by atoms with Crippen LogP contribution in [0.1, 0.15) is 13.3 Å². The number of hydrogen-bond donors (Lipinski definition) is 2. The van der Waals surface area contributed by atoms with Crippen LogP contribution in [0.15, 0.2) is 29.3 Å². The normalized spacial score (nSPS) is 24.7. The van der Waals surface area contributed by atoms with Gasteiger partial charge in [-0.1, -0.05) is 12.1 Å². The minimum absolute atomic E-state index is 0.169. The van der Waals surface area contributed by atoms with E-state index < -0.39 is 5.60 Å². The van der Waals surface area contributed by atoms with E-state index >= 15 is 0 Å². The second-order valence-corrected chi connectivity index (χ2v) is 7.73. The third-order valence-corrected chi connectivity index (χ3v) is 5.95. The molecule has 1 aromatic carbocycles. The molecule has 0 aromatic heterocycles. The number of nitrogens with zero attached hydrogens (tertiary/aromatic N) is 3. The molecule has 1 unspecified atom stereocenters. The van der Waals surface area contributed by atoms with Gasteiger partial charge in [0.2, 0.25) is 0 Å². The lowest BCUT2D eigenvalue weighted by Crippen LogP contribution is -2.53. The molecule has 25 heavy (non-hydrogen) atoms. The van der Waals surface area contributed by atoms with Gasteiger partial charge in [-0.25, -0.2) is 4.39 Å². The Bertz CT molecular complexity index is 598. The summed E-state index contributed by atoms with van der Waals surface area (Å²) in [6.45, 7) is 6.36. The molecule has 0 bridgehead atoms. The molecule has 3 rings (SSSR count). The molecule has 0 aliphatic carbocycles. The summed E-state index contributed by atoms with van der Waals surface area (Å²) in [5, 5.41) is 13.8. The third-order valence-electron chi connectivity index (χ3n) is 4.71. The molecule has 0 amide bonds. The van der Waals surface area contributed by atoms with Crippen LogP contribution in [0.3, 0.4) is 0 Å². The van der Waals surface area contributed by atoms with Gasteiger partial charge in [-0.2, -0.15) is 11.8 Å². The van der Waals surface area contributed by atoms with Gasteiger partial charge in [-0.05, 0) is 31.2 Å². The lowest BCUT2D eigenvalue weighted by molar-refractivity contribution is 0.0775. The molecular weight excluding hydrogens is 339 g/mol. The third kappa shape index (κ3) is 4.58. The quantitative estimate of drug-likeness (QED) is 0.628. The van der Waals surface area contributed by atoms with Crippen molar-refractivity contribution in [3.63, 3.8) is 0 Å². The van der Waals surface area contributed by atoms with Gasteiger partial charge in [-0.3, -0.25) is 4.99 Å². The molecule has 0 saturated carbocycles. The largest absolute Gasteiger partial charge is 0.387 e. The highest BCUT2D eigenvalue weighted by atomic mass is 32.2. The van der Waals surface area contributed by atoms with E-state index in [9.17, 15) is 9.50 Å². The lowest BCUT2D eigenvalue weighted by atomic mass is 10.0. The molecule has 5 nitrogen and oxygen atoms in total. The molecule has 0 radical (unpaired) electrons. The smallest absolute Gasteiger partial charge is 0.194 e. The fourth-order valence-corrected chi connectivity index (χ4v) is 4.52. The van der Waals surface area contributed by atoms with Crippen LogP contribution in [-0.4, -0.2) is 72.3 Å². The topological polar surface area (TPSA) is 51.1 Å². The number of benzene rings is 1. The summed E-state index contributed by atoms with van der Waals surface area (Å²) in [7, 11) is 0. The van der Waals surface area contributed by atoms with Gasteiger partial charge < -0.3 is 20.2 Å². The van der Waals surface area contributed by atoms with Crippen molar-refractivity contribution in [2.75, 3.05) is 55.7 Å². The molecule has 138 valence electrons. The van der Waals surface area contributed by atoms with Crippen LogP contribution in [0.2, 0.25) is 0 Å². The maximum absolute atomic E-state index is 14.0. The summed E-state index contributed by atoms with van der Waals surface area (Å²) in [6.07, 6.45) is 0.807. The molecule has 2 fully saturated rings. The Balaban J connectivity index is 1.61. The molecular formula is C18H27FN4OS. The number of halogens is 1. The van der Waals surface area contributed by atoms with Crippen molar-refractivity contribution < 1.29 is 9.50 Å². The van der Waals surface area contributed by atoms with E-state index in [2.05, 4.69) is 20.1 Å². The predicted molar refractivity (Wildman–Crippen MR) is 103 cm³/mol. The van der Waals surface area contributed by atoms with E-state index in [4.69, 9.17) is 0 Å². The Morgan fingerprint density at radius 1 is 1.32 bits per heavy atom. The fourth-order valence-electron chi connectivity index (χ4n) is 3.24. The van der Waals surface area contributed by atoms with Gasteiger partial charge in [0, 0.05) is 38.5 Å². The summed E-state index contributed by atoms with van der Waals surface area (Å²) < 4.78 is 14.0. The van der Waals surface area contributed by atoms with Crippen LogP contribution in [0.5, 0.6) is 0 Å². The van der Waals surface area contributed by atoms with E-state index in [0.717, 1.165) is 56.6 Å². The highest BCUT2D eigenvalue weighted by Gasteiger charge is 2.32. The molecule has 1 atom stereocenters. The lowest BCUT2D eigenvalue weighted by Gasteiger charge is -2.38. The zero-order valence-corrected chi connectivity index (χ0v) is 15.6. The van der Waals surface area contributed by atoms with Gasteiger partial charge in [0.25, 0.3) is 0 Å². The molecule has 2 aliphatic rings. The van der Waals surface area contributed by atoms with Crippen LogP contribution in [0, 0.1) is 5.82 Å². The number of rotatable bonds is 4. The second kappa shape index (κ2) is 8.27. The number of aliphatic imine (C=N–C) groups is 1. The first-order chi connectivity index (χ1) is 12.1. The molecule has 0 spiro atoms. The molecule has 7 heteroatoms. The van der Waals surface area contributed by atoms with Crippen molar-refractivity contribution in [1.82, 2.24) is 10.2 Å². The van der Waals surface area contributed by atoms with Crippen molar-refractivity contribution in [2.24, 2.45) is 4.99 Å². The Morgan fingerprint density at radius 3 is 2.72 bits per heavy atom. The van der Waals surface area contributed by atoms with Crippen LogP contribution in [-0.2, 0) is 0 Å². The van der Waals surface area contributed by atoms with Crippen molar-refractivity contribution in [3.05, 3.63) is 30.1 Å². The van der Waals surface area contributed by atoms with Crippen LogP contribution < -0.4 is 10.2 Å². The number of anilines is 1. The van der Waals surface area contributed by atoms with E-state index in [-0.39, 0.29) is 5.82 Å². The van der Waals surface area contributed by atoms with Gasteiger partial charge in [0.15, 0.2) is 5.96 Å². The molecule has 1 aromatic rings. The highest BCUT2D eigenvalue weighted by Crippen LogP contribution is 2.28. The van der Waals surface area contributed by atoms with Crippen LogP contribution in [0.4, 0.5) is 10.1 Å². The second-order valence-electron chi connectivity index (χ2n) is 6.62. The van der Waals surface area contributed by atoms with E-state index in [1.807, 2.05) is 19.1 Å². The average molecular weight is 367 g/mol. The van der Waals surface area contributed by atoms with Gasteiger partial charge >= 0.3 is 0 Å². The number of piperazine rings is 1. The van der Waals surface area contributed by atoms with Crippen molar-refractivity contribution in [3.8, 4) is 0 Å². The summed E-state index contributed by atoms with van der Waals surface area (Å²) in [6, 6.07) is 6.93. The van der Waals surface area contributed by atoms with Gasteiger partial charge in [-0.15, -0.1) is 0 Å². The molecule has 2 N–H and O–H groups in total. The van der Waals surface area contributed by atoms with E-state index in [1.54, 1.807) is 17.8 Å². The number of hydrogen-bond acceptors (Lipinski definition) is 4. The SMILES string of the molecule is CCNC(=NCC1(O)CCSC1)N1CCN(c2ccccc2F)CC1. The first-order valence-corrected chi connectivity index (χ1v) is 10.1.